The SMILES string of the molecule is CC(C)N1C2CCC1CN(C(=O)c1n[nH]c3c1CNCC3)CC2. The van der Waals surface area contributed by atoms with Gasteiger partial charge in [0.05, 0.1) is 0 Å². The van der Waals surface area contributed by atoms with Crippen LogP contribution in [0.1, 0.15) is 54.9 Å². The third-order valence-corrected chi connectivity index (χ3v) is 5.73. The molecule has 2 unspecified atom stereocenters. The van der Waals surface area contributed by atoms with Crippen molar-refractivity contribution in [3.05, 3.63) is 17.0 Å². The van der Waals surface area contributed by atoms with Gasteiger partial charge in [0, 0.05) is 62.0 Å². The summed E-state index contributed by atoms with van der Waals surface area (Å²) in [5, 5.41) is 10.8. The average molecular weight is 317 g/mol. The van der Waals surface area contributed by atoms with Crippen LogP contribution >= 0.6 is 0 Å². The van der Waals surface area contributed by atoms with Gasteiger partial charge in [0.1, 0.15) is 0 Å². The standard InChI is InChI=1S/C17H27N5O/c1-11(2)22-12-3-4-13(22)10-21(8-6-12)17(23)16-14-9-18-7-5-15(14)19-20-16/h11-13,18H,3-10H2,1-2H3,(H,19,20). The summed E-state index contributed by atoms with van der Waals surface area (Å²) in [5.41, 5.74) is 2.85. The fourth-order valence-electron chi connectivity index (χ4n) is 4.69. The molecule has 3 aliphatic rings. The molecule has 2 fully saturated rings. The lowest BCUT2D eigenvalue weighted by atomic mass is 10.0. The quantitative estimate of drug-likeness (QED) is 0.859. The first-order valence-electron chi connectivity index (χ1n) is 8.98. The summed E-state index contributed by atoms with van der Waals surface area (Å²) in [6.45, 7) is 7.97. The summed E-state index contributed by atoms with van der Waals surface area (Å²) >= 11 is 0. The molecule has 1 amide bonds. The van der Waals surface area contributed by atoms with Crippen LogP contribution in [0.25, 0.3) is 0 Å². The molecule has 4 heterocycles. The molecule has 2 saturated heterocycles. The van der Waals surface area contributed by atoms with Crippen molar-refractivity contribution in [1.82, 2.24) is 25.3 Å². The molecule has 1 aromatic heterocycles. The summed E-state index contributed by atoms with van der Waals surface area (Å²) in [5.74, 6) is 0.113. The van der Waals surface area contributed by atoms with E-state index in [-0.39, 0.29) is 5.91 Å². The molecule has 0 aromatic carbocycles. The highest BCUT2D eigenvalue weighted by Crippen LogP contribution is 2.32. The number of aromatic amines is 1. The van der Waals surface area contributed by atoms with Gasteiger partial charge < -0.3 is 10.2 Å². The number of nitrogens with zero attached hydrogens (tertiary/aromatic N) is 3. The van der Waals surface area contributed by atoms with Gasteiger partial charge in [-0.3, -0.25) is 14.8 Å². The first kappa shape index (κ1) is 15.1. The van der Waals surface area contributed by atoms with Crippen molar-refractivity contribution in [2.75, 3.05) is 19.6 Å². The first-order valence-corrected chi connectivity index (χ1v) is 8.98. The van der Waals surface area contributed by atoms with Crippen LogP contribution in [0.3, 0.4) is 0 Å². The fourth-order valence-corrected chi connectivity index (χ4v) is 4.69. The van der Waals surface area contributed by atoms with Gasteiger partial charge in [0.25, 0.3) is 5.91 Å². The van der Waals surface area contributed by atoms with Gasteiger partial charge >= 0.3 is 0 Å². The summed E-state index contributed by atoms with van der Waals surface area (Å²) < 4.78 is 0. The molecule has 1 aromatic rings. The normalized spacial score (nSPS) is 28.0. The number of aromatic nitrogens is 2. The average Bonchev–Trinajstić information content (AvgIpc) is 3.07. The fraction of sp³-hybridized carbons (Fsp3) is 0.765. The Morgan fingerprint density at radius 3 is 2.91 bits per heavy atom. The highest BCUT2D eigenvalue weighted by Gasteiger charge is 2.40. The predicted molar refractivity (Wildman–Crippen MR) is 88.3 cm³/mol. The van der Waals surface area contributed by atoms with E-state index in [0.717, 1.165) is 50.3 Å². The van der Waals surface area contributed by atoms with Crippen LogP contribution in [0.15, 0.2) is 0 Å². The molecular formula is C17H27N5O. The molecule has 4 rings (SSSR count). The Morgan fingerprint density at radius 1 is 1.26 bits per heavy atom. The third kappa shape index (κ3) is 2.58. The summed E-state index contributed by atoms with van der Waals surface area (Å²) in [7, 11) is 0. The van der Waals surface area contributed by atoms with E-state index in [1.807, 2.05) is 4.90 Å². The molecule has 6 heteroatoms. The lowest BCUT2D eigenvalue weighted by Gasteiger charge is -2.32. The van der Waals surface area contributed by atoms with Crippen molar-refractivity contribution in [3.63, 3.8) is 0 Å². The highest BCUT2D eigenvalue weighted by atomic mass is 16.2. The van der Waals surface area contributed by atoms with Gasteiger partial charge in [0.2, 0.25) is 0 Å². The number of carbonyl (C=O) groups is 1. The predicted octanol–water partition coefficient (Wildman–Crippen LogP) is 1.14. The molecule has 23 heavy (non-hydrogen) atoms. The smallest absolute Gasteiger partial charge is 0.274 e. The van der Waals surface area contributed by atoms with Crippen LogP contribution < -0.4 is 5.32 Å². The van der Waals surface area contributed by atoms with Crippen LogP contribution in [-0.4, -0.2) is 63.7 Å². The van der Waals surface area contributed by atoms with E-state index in [2.05, 4.69) is 34.3 Å². The zero-order valence-corrected chi connectivity index (χ0v) is 14.1. The van der Waals surface area contributed by atoms with Crippen LogP contribution in [0.2, 0.25) is 0 Å². The molecule has 2 atom stereocenters. The van der Waals surface area contributed by atoms with Crippen molar-refractivity contribution in [1.29, 1.82) is 0 Å². The van der Waals surface area contributed by atoms with Gasteiger partial charge in [-0.2, -0.15) is 5.10 Å². The van der Waals surface area contributed by atoms with Crippen molar-refractivity contribution >= 4 is 5.91 Å². The second kappa shape index (κ2) is 5.91. The van der Waals surface area contributed by atoms with Crippen molar-refractivity contribution in [3.8, 4) is 0 Å². The molecule has 0 aliphatic carbocycles. The number of likely N-dealkylation sites (tertiary alicyclic amines) is 1. The largest absolute Gasteiger partial charge is 0.336 e. The minimum Gasteiger partial charge on any atom is -0.336 e. The maximum Gasteiger partial charge on any atom is 0.274 e. The molecule has 0 radical (unpaired) electrons. The van der Waals surface area contributed by atoms with Gasteiger partial charge in [-0.15, -0.1) is 0 Å². The van der Waals surface area contributed by atoms with E-state index in [0.29, 0.717) is 23.8 Å². The number of nitrogens with one attached hydrogen (secondary N) is 2. The minimum absolute atomic E-state index is 0.113. The summed E-state index contributed by atoms with van der Waals surface area (Å²) in [4.78, 5) is 17.7. The maximum absolute atomic E-state index is 13.0. The van der Waals surface area contributed by atoms with E-state index in [1.54, 1.807) is 0 Å². The molecular weight excluding hydrogens is 290 g/mol. The van der Waals surface area contributed by atoms with Crippen LogP contribution in [0.4, 0.5) is 0 Å². The Labute approximate surface area is 137 Å². The Morgan fingerprint density at radius 2 is 2.09 bits per heavy atom. The zero-order valence-electron chi connectivity index (χ0n) is 14.1. The van der Waals surface area contributed by atoms with Crippen LogP contribution in [0.5, 0.6) is 0 Å². The topological polar surface area (TPSA) is 64.3 Å². The molecule has 6 nitrogen and oxygen atoms in total. The number of fused-ring (bicyclic) bond motifs is 3. The second-order valence-electron chi connectivity index (χ2n) is 7.42. The van der Waals surface area contributed by atoms with Gasteiger partial charge in [0.15, 0.2) is 5.69 Å². The van der Waals surface area contributed by atoms with Crippen molar-refractivity contribution in [2.45, 2.75) is 64.2 Å². The number of amides is 1. The molecule has 3 aliphatic heterocycles. The van der Waals surface area contributed by atoms with Gasteiger partial charge in [-0.25, -0.2) is 0 Å². The molecule has 0 spiro atoms. The van der Waals surface area contributed by atoms with Crippen molar-refractivity contribution in [2.24, 2.45) is 0 Å². The zero-order chi connectivity index (χ0) is 16.0. The second-order valence-corrected chi connectivity index (χ2v) is 7.42. The van der Waals surface area contributed by atoms with E-state index < -0.39 is 0 Å². The minimum atomic E-state index is 0.113. The van der Waals surface area contributed by atoms with E-state index >= 15 is 0 Å². The number of carbonyl (C=O) groups excluding carboxylic acids is 1. The molecule has 0 saturated carbocycles. The lowest BCUT2D eigenvalue weighted by molar-refractivity contribution is 0.0721. The summed E-state index contributed by atoms with van der Waals surface area (Å²) in [6.07, 6.45) is 4.52. The van der Waals surface area contributed by atoms with Crippen LogP contribution in [0, 0.1) is 0 Å². The monoisotopic (exact) mass is 317 g/mol. The maximum atomic E-state index is 13.0. The first-order chi connectivity index (χ1) is 11.1. The Balaban J connectivity index is 1.55. The highest BCUT2D eigenvalue weighted by molar-refractivity contribution is 5.94. The number of H-pyrrole nitrogens is 1. The molecule has 2 N–H and O–H groups in total. The molecule has 126 valence electrons. The Kier molecular flexibility index (Phi) is 3.89. The van der Waals surface area contributed by atoms with E-state index in [9.17, 15) is 4.79 Å². The lowest BCUT2D eigenvalue weighted by Crippen LogP contribution is -2.44. The Bertz CT molecular complexity index is 596. The third-order valence-electron chi connectivity index (χ3n) is 5.73. The molecule has 2 bridgehead atoms. The van der Waals surface area contributed by atoms with Crippen LogP contribution in [-0.2, 0) is 13.0 Å². The van der Waals surface area contributed by atoms with Crippen molar-refractivity contribution < 1.29 is 4.79 Å². The van der Waals surface area contributed by atoms with E-state index in [1.165, 1.54) is 12.8 Å². The van der Waals surface area contributed by atoms with Gasteiger partial charge in [-0.05, 0) is 33.1 Å². The van der Waals surface area contributed by atoms with E-state index in [4.69, 9.17) is 0 Å². The number of hydrogen-bond donors (Lipinski definition) is 2. The Hall–Kier alpha value is -1.40. The number of hydrogen-bond acceptors (Lipinski definition) is 4. The summed E-state index contributed by atoms with van der Waals surface area (Å²) in [6, 6.07) is 1.72. The van der Waals surface area contributed by atoms with Gasteiger partial charge in [-0.1, -0.05) is 0 Å². The number of rotatable bonds is 2.